The van der Waals surface area contributed by atoms with Gasteiger partial charge in [0.15, 0.2) is 0 Å². The molecule has 2 N–H and O–H groups in total. The molecule has 0 radical (unpaired) electrons. The second kappa shape index (κ2) is 8.41. The quantitative estimate of drug-likeness (QED) is 0.668. The molecule has 1 aliphatic rings. The zero-order chi connectivity index (χ0) is 19.4. The number of nitrogens with one attached hydrogen (secondary N) is 2. The average molecular weight is 394 g/mol. The first-order chi connectivity index (χ1) is 13.6. The van der Waals surface area contributed by atoms with Gasteiger partial charge in [-0.3, -0.25) is 4.79 Å². The molecule has 28 heavy (non-hydrogen) atoms. The molecule has 5 heteroatoms. The molecule has 1 aliphatic heterocycles. The van der Waals surface area contributed by atoms with Crippen LogP contribution in [0, 0.1) is 5.92 Å². The second-order valence-corrected chi connectivity index (χ2v) is 8.99. The highest BCUT2D eigenvalue weighted by Crippen LogP contribution is 2.32. The molecule has 0 aliphatic carbocycles. The summed E-state index contributed by atoms with van der Waals surface area (Å²) in [5, 5.41) is 7.67. The van der Waals surface area contributed by atoms with Gasteiger partial charge in [-0.1, -0.05) is 42.5 Å². The van der Waals surface area contributed by atoms with E-state index in [2.05, 4.69) is 28.8 Å². The van der Waals surface area contributed by atoms with Crippen molar-refractivity contribution in [3.05, 3.63) is 65.2 Å². The first-order valence-corrected chi connectivity index (χ1v) is 10.9. The predicted octanol–water partition coefficient (Wildman–Crippen LogP) is 3.91. The van der Waals surface area contributed by atoms with Crippen LogP contribution in [0.3, 0.4) is 0 Å². The summed E-state index contributed by atoms with van der Waals surface area (Å²) in [5.41, 5.74) is 1.40. The summed E-state index contributed by atoms with van der Waals surface area (Å²) < 4.78 is 1.17. The molecule has 2 heterocycles. The van der Waals surface area contributed by atoms with Gasteiger partial charge in [-0.25, -0.2) is 4.98 Å². The Balaban J connectivity index is 1.57. The van der Waals surface area contributed by atoms with Crippen LogP contribution in [0.2, 0.25) is 0 Å². The molecule has 4 rings (SSSR count). The van der Waals surface area contributed by atoms with Gasteiger partial charge in [-0.05, 0) is 56.5 Å². The van der Waals surface area contributed by atoms with Gasteiger partial charge in [-0.15, -0.1) is 11.3 Å². The third kappa shape index (κ3) is 4.10. The number of hydrogen-bond donors (Lipinski definition) is 2. The van der Waals surface area contributed by atoms with Crippen LogP contribution in [0.15, 0.2) is 54.6 Å². The highest BCUT2D eigenvalue weighted by Gasteiger charge is 2.36. The zero-order valence-corrected chi connectivity index (χ0v) is 17.1. The summed E-state index contributed by atoms with van der Waals surface area (Å²) in [6.07, 6.45) is 2.96. The fraction of sp³-hybridized carbons (Fsp3) is 0.391. The number of amides is 1. The largest absolute Gasteiger partial charge is 0.355 e. The topological polar surface area (TPSA) is 54.0 Å². The first-order valence-electron chi connectivity index (χ1n) is 10.0. The van der Waals surface area contributed by atoms with Crippen molar-refractivity contribution in [2.75, 3.05) is 19.6 Å². The van der Waals surface area contributed by atoms with Crippen molar-refractivity contribution in [1.82, 2.24) is 15.6 Å². The third-order valence-corrected chi connectivity index (χ3v) is 6.74. The number of nitrogens with zero attached hydrogens (tertiary/aromatic N) is 1. The van der Waals surface area contributed by atoms with E-state index in [0.717, 1.165) is 35.7 Å². The Morgan fingerprint density at radius 2 is 2.00 bits per heavy atom. The Morgan fingerprint density at radius 1 is 1.21 bits per heavy atom. The minimum absolute atomic E-state index is 0.0866. The fourth-order valence-corrected chi connectivity index (χ4v) is 5.07. The first kappa shape index (κ1) is 19.1. The summed E-state index contributed by atoms with van der Waals surface area (Å²) in [7, 11) is 0. The molecule has 1 saturated heterocycles. The summed E-state index contributed by atoms with van der Waals surface area (Å²) in [5.74, 6) is 0.601. The minimum Gasteiger partial charge on any atom is -0.355 e. The van der Waals surface area contributed by atoms with E-state index in [1.807, 2.05) is 43.3 Å². The fourth-order valence-electron chi connectivity index (χ4n) is 3.95. The van der Waals surface area contributed by atoms with E-state index in [-0.39, 0.29) is 5.91 Å². The number of carbonyl (C=O) groups is 1. The number of aromatic nitrogens is 1. The molecule has 0 spiro atoms. The van der Waals surface area contributed by atoms with Crippen LogP contribution >= 0.6 is 11.3 Å². The number of carbonyl (C=O) groups excluding carboxylic acids is 1. The number of thiazole rings is 1. The third-order valence-electron chi connectivity index (χ3n) is 5.71. The van der Waals surface area contributed by atoms with Gasteiger partial charge in [0, 0.05) is 13.0 Å². The van der Waals surface area contributed by atoms with Crippen molar-refractivity contribution >= 4 is 27.5 Å². The van der Waals surface area contributed by atoms with Crippen molar-refractivity contribution < 1.29 is 4.79 Å². The maximum absolute atomic E-state index is 13.4. The van der Waals surface area contributed by atoms with E-state index >= 15 is 0 Å². The van der Waals surface area contributed by atoms with Crippen LogP contribution in [-0.4, -0.2) is 30.5 Å². The lowest BCUT2D eigenvalue weighted by molar-refractivity contribution is -0.126. The molecule has 146 valence electrons. The normalized spacial score (nSPS) is 19.2. The van der Waals surface area contributed by atoms with Crippen LogP contribution in [0.1, 0.15) is 30.3 Å². The lowest BCUT2D eigenvalue weighted by Crippen LogP contribution is -2.47. The Hall–Kier alpha value is -2.24. The Kier molecular flexibility index (Phi) is 5.74. The number of piperidine rings is 1. The number of rotatable bonds is 6. The highest BCUT2D eigenvalue weighted by molar-refractivity contribution is 7.18. The van der Waals surface area contributed by atoms with Gasteiger partial charge < -0.3 is 10.6 Å². The van der Waals surface area contributed by atoms with Gasteiger partial charge in [0.2, 0.25) is 5.91 Å². The molecule has 2 atom stereocenters. The molecule has 1 aromatic heterocycles. The summed E-state index contributed by atoms with van der Waals surface area (Å²) in [6.45, 7) is 4.85. The predicted molar refractivity (Wildman–Crippen MR) is 116 cm³/mol. The number of hydrogen-bond acceptors (Lipinski definition) is 4. The van der Waals surface area contributed by atoms with Crippen molar-refractivity contribution in [1.29, 1.82) is 0 Å². The maximum atomic E-state index is 13.4. The van der Waals surface area contributed by atoms with E-state index in [4.69, 9.17) is 4.98 Å². The van der Waals surface area contributed by atoms with Crippen LogP contribution in [0.5, 0.6) is 0 Å². The number of benzene rings is 2. The lowest BCUT2D eigenvalue weighted by Gasteiger charge is -2.30. The summed E-state index contributed by atoms with van der Waals surface area (Å²) in [4.78, 5) is 18.2. The highest BCUT2D eigenvalue weighted by atomic mass is 32.1. The van der Waals surface area contributed by atoms with Crippen molar-refractivity contribution in [3.63, 3.8) is 0 Å². The SMILES string of the molecule is CC(Cc1nc2ccccc2s1)(C(=O)NCC1CCCNC1)c1ccccc1. The number of para-hydroxylation sites is 1. The van der Waals surface area contributed by atoms with E-state index < -0.39 is 5.41 Å². The Morgan fingerprint density at radius 3 is 2.75 bits per heavy atom. The number of fused-ring (bicyclic) bond motifs is 1. The van der Waals surface area contributed by atoms with Gasteiger partial charge in [0.05, 0.1) is 20.6 Å². The van der Waals surface area contributed by atoms with E-state index in [1.54, 1.807) is 11.3 Å². The Bertz CT molecular complexity index is 900. The van der Waals surface area contributed by atoms with Crippen molar-refractivity contribution in [2.24, 2.45) is 5.92 Å². The molecule has 1 amide bonds. The summed E-state index contributed by atoms with van der Waals surface area (Å²) in [6, 6.07) is 18.3. The lowest BCUT2D eigenvalue weighted by atomic mass is 9.78. The van der Waals surface area contributed by atoms with E-state index in [0.29, 0.717) is 12.3 Å². The smallest absolute Gasteiger partial charge is 0.230 e. The van der Waals surface area contributed by atoms with E-state index in [9.17, 15) is 4.79 Å². The molecule has 4 nitrogen and oxygen atoms in total. The van der Waals surface area contributed by atoms with Crippen LogP contribution in [0.4, 0.5) is 0 Å². The molecule has 2 aromatic carbocycles. The molecule has 1 fully saturated rings. The molecular weight excluding hydrogens is 366 g/mol. The zero-order valence-electron chi connectivity index (χ0n) is 16.3. The molecule has 3 aromatic rings. The minimum atomic E-state index is -0.642. The van der Waals surface area contributed by atoms with Crippen LogP contribution < -0.4 is 10.6 Å². The van der Waals surface area contributed by atoms with Crippen LogP contribution in [0.25, 0.3) is 10.2 Å². The standard InChI is InChI=1S/C23H27N3OS/c1-23(18-9-3-2-4-10-18,22(27)25-16-17-8-7-13-24-15-17)14-21-26-19-11-5-6-12-20(19)28-21/h2-6,9-12,17,24H,7-8,13-16H2,1H3,(H,25,27). The molecule has 0 saturated carbocycles. The van der Waals surface area contributed by atoms with E-state index in [1.165, 1.54) is 17.5 Å². The maximum Gasteiger partial charge on any atom is 0.230 e. The van der Waals surface area contributed by atoms with Gasteiger partial charge in [-0.2, -0.15) is 0 Å². The van der Waals surface area contributed by atoms with Crippen LogP contribution in [-0.2, 0) is 16.6 Å². The summed E-state index contributed by atoms with van der Waals surface area (Å²) >= 11 is 1.68. The average Bonchev–Trinajstić information content (AvgIpc) is 3.15. The monoisotopic (exact) mass is 393 g/mol. The molecular formula is C23H27N3OS. The van der Waals surface area contributed by atoms with Crippen molar-refractivity contribution in [3.8, 4) is 0 Å². The molecule has 2 unspecified atom stereocenters. The van der Waals surface area contributed by atoms with Gasteiger partial charge in [0.25, 0.3) is 0 Å². The Labute approximate surface area is 170 Å². The van der Waals surface area contributed by atoms with Gasteiger partial charge in [0.1, 0.15) is 0 Å². The second-order valence-electron chi connectivity index (χ2n) is 7.87. The molecule has 0 bridgehead atoms. The van der Waals surface area contributed by atoms with Gasteiger partial charge >= 0.3 is 0 Å². The van der Waals surface area contributed by atoms with Crippen molar-refractivity contribution in [2.45, 2.75) is 31.6 Å².